The van der Waals surface area contributed by atoms with Gasteiger partial charge < -0.3 is 4.90 Å². The van der Waals surface area contributed by atoms with Gasteiger partial charge in [0.1, 0.15) is 0 Å². The highest BCUT2D eigenvalue weighted by atomic mass is 32.1. The number of nitrogens with zero attached hydrogens (tertiary/aromatic N) is 1. The topological polar surface area (TPSA) is 3.24 Å². The highest BCUT2D eigenvalue weighted by Crippen LogP contribution is 2.44. The lowest BCUT2D eigenvalue weighted by molar-refractivity contribution is 1.28. The molecule has 0 aliphatic carbocycles. The lowest BCUT2D eigenvalue weighted by atomic mass is 9.95. The van der Waals surface area contributed by atoms with Crippen molar-refractivity contribution in [1.29, 1.82) is 0 Å². The SMILES string of the molecule is c1cc(-c2ccc(-c3cccc4ccccc34)cc2)cc(N(c2ccc(-c3ccc(-c4cccc5ccccc45)cc3)cc2)c2ccccc2-c2ccc3c(c2)sc2ccccc23)c1. The van der Waals surface area contributed by atoms with E-state index in [9.17, 15) is 0 Å². The maximum Gasteiger partial charge on any atom is 0.0540 e. The third-order valence-electron chi connectivity index (χ3n) is 12.7. The van der Waals surface area contributed by atoms with Crippen molar-refractivity contribution in [3.05, 3.63) is 249 Å². The summed E-state index contributed by atoms with van der Waals surface area (Å²) in [4.78, 5) is 2.42. The molecular formula is C62H41NS. The van der Waals surface area contributed by atoms with Crippen molar-refractivity contribution in [3.63, 3.8) is 0 Å². The Balaban J connectivity index is 0.937. The molecule has 0 unspecified atom stereocenters. The molecule has 0 amide bonds. The van der Waals surface area contributed by atoms with E-state index >= 15 is 0 Å². The third-order valence-corrected chi connectivity index (χ3v) is 13.8. The van der Waals surface area contributed by atoms with Crippen LogP contribution < -0.4 is 4.90 Å². The molecule has 0 saturated carbocycles. The number of benzene rings is 11. The van der Waals surface area contributed by atoms with E-state index in [0.717, 1.165) is 17.1 Å². The van der Waals surface area contributed by atoms with Crippen LogP contribution in [0.3, 0.4) is 0 Å². The summed E-state index contributed by atoms with van der Waals surface area (Å²) in [6, 6.07) is 90.9. The fourth-order valence-electron chi connectivity index (χ4n) is 9.50. The predicted octanol–water partition coefficient (Wildman–Crippen LogP) is 18.2. The molecule has 0 atom stereocenters. The summed E-state index contributed by atoms with van der Waals surface area (Å²) >= 11 is 1.86. The van der Waals surface area contributed by atoms with Crippen LogP contribution in [0.15, 0.2) is 249 Å². The first-order valence-electron chi connectivity index (χ1n) is 21.9. The smallest absolute Gasteiger partial charge is 0.0540 e. The van der Waals surface area contributed by atoms with Crippen molar-refractivity contribution in [3.8, 4) is 55.6 Å². The molecule has 12 aromatic rings. The second-order valence-electron chi connectivity index (χ2n) is 16.5. The lowest BCUT2D eigenvalue weighted by Gasteiger charge is -2.28. The Bertz CT molecular complexity index is 3640. The fraction of sp³-hybridized carbons (Fsp3) is 0. The van der Waals surface area contributed by atoms with Crippen molar-refractivity contribution in [2.75, 3.05) is 4.90 Å². The Labute approximate surface area is 377 Å². The zero-order valence-electron chi connectivity index (χ0n) is 35.0. The van der Waals surface area contributed by atoms with Gasteiger partial charge in [-0.1, -0.05) is 206 Å². The summed E-state index contributed by atoms with van der Waals surface area (Å²) < 4.78 is 2.61. The minimum absolute atomic E-state index is 1.09. The van der Waals surface area contributed by atoms with Gasteiger partial charge >= 0.3 is 0 Å². The van der Waals surface area contributed by atoms with E-state index in [1.807, 2.05) is 11.3 Å². The minimum atomic E-state index is 1.09. The molecule has 0 spiro atoms. The quantitative estimate of drug-likeness (QED) is 0.147. The molecule has 0 saturated heterocycles. The van der Waals surface area contributed by atoms with Crippen LogP contribution in [0.2, 0.25) is 0 Å². The first-order valence-corrected chi connectivity index (χ1v) is 22.7. The van der Waals surface area contributed by atoms with E-state index in [4.69, 9.17) is 0 Å². The molecule has 1 aromatic heterocycles. The predicted molar refractivity (Wildman–Crippen MR) is 276 cm³/mol. The summed E-state index contributed by atoms with van der Waals surface area (Å²) in [6.07, 6.45) is 0. The van der Waals surface area contributed by atoms with Gasteiger partial charge in [-0.15, -0.1) is 11.3 Å². The van der Waals surface area contributed by atoms with E-state index in [1.165, 1.54) is 97.4 Å². The van der Waals surface area contributed by atoms with Crippen molar-refractivity contribution < 1.29 is 0 Å². The van der Waals surface area contributed by atoms with Gasteiger partial charge in [-0.25, -0.2) is 0 Å². The molecule has 0 N–H and O–H groups in total. The standard InChI is InChI=1S/C62H41NS/c1-3-18-53-45(12-1)14-10-22-55(53)47-30-26-42(27-31-47)43-34-37-51(38-35-43)63(60-24-7-5-20-57(60)50-36-39-59-58-21-6-8-25-61(58)64-62(59)41-50)52-17-9-16-49(40-52)44-28-32-48(33-29-44)56-23-11-15-46-13-2-4-19-54(46)56/h1-41H. The number of hydrogen-bond acceptors (Lipinski definition) is 2. The van der Waals surface area contributed by atoms with E-state index < -0.39 is 0 Å². The molecule has 11 aromatic carbocycles. The van der Waals surface area contributed by atoms with Gasteiger partial charge in [0.2, 0.25) is 0 Å². The molecular weight excluding hydrogens is 791 g/mol. The van der Waals surface area contributed by atoms with Crippen LogP contribution in [0.5, 0.6) is 0 Å². The average molecular weight is 832 g/mol. The van der Waals surface area contributed by atoms with Gasteiger partial charge in [0.15, 0.2) is 0 Å². The van der Waals surface area contributed by atoms with Crippen LogP contribution in [0.1, 0.15) is 0 Å². The third kappa shape index (κ3) is 6.82. The van der Waals surface area contributed by atoms with Crippen LogP contribution >= 0.6 is 11.3 Å². The van der Waals surface area contributed by atoms with Gasteiger partial charge in [-0.2, -0.15) is 0 Å². The normalized spacial score (nSPS) is 11.4. The first kappa shape index (κ1) is 37.7. The summed E-state index contributed by atoms with van der Waals surface area (Å²) in [5.74, 6) is 0. The molecule has 1 nitrogen and oxygen atoms in total. The molecule has 1 heterocycles. The number of hydrogen-bond donors (Lipinski definition) is 0. The lowest BCUT2D eigenvalue weighted by Crippen LogP contribution is -2.11. The fourth-order valence-corrected chi connectivity index (χ4v) is 10.6. The molecule has 300 valence electrons. The summed E-state index contributed by atoms with van der Waals surface area (Å²) in [5, 5.41) is 7.67. The van der Waals surface area contributed by atoms with Crippen LogP contribution in [-0.2, 0) is 0 Å². The summed E-state index contributed by atoms with van der Waals surface area (Å²) in [5.41, 5.74) is 15.3. The highest BCUT2D eigenvalue weighted by molar-refractivity contribution is 7.25. The van der Waals surface area contributed by atoms with Crippen molar-refractivity contribution in [2.24, 2.45) is 0 Å². The highest BCUT2D eigenvalue weighted by Gasteiger charge is 2.19. The molecule has 64 heavy (non-hydrogen) atoms. The summed E-state index contributed by atoms with van der Waals surface area (Å²) in [7, 11) is 0. The number of para-hydroxylation sites is 1. The van der Waals surface area contributed by atoms with E-state index in [2.05, 4.69) is 254 Å². The van der Waals surface area contributed by atoms with Crippen molar-refractivity contribution in [2.45, 2.75) is 0 Å². The van der Waals surface area contributed by atoms with E-state index in [1.54, 1.807) is 0 Å². The second kappa shape index (κ2) is 16.0. The van der Waals surface area contributed by atoms with Crippen LogP contribution in [-0.4, -0.2) is 0 Å². The monoisotopic (exact) mass is 831 g/mol. The molecule has 0 fully saturated rings. The zero-order valence-corrected chi connectivity index (χ0v) is 35.8. The maximum atomic E-state index is 2.42. The molecule has 12 rings (SSSR count). The summed E-state index contributed by atoms with van der Waals surface area (Å²) in [6.45, 7) is 0. The minimum Gasteiger partial charge on any atom is -0.310 e. The molecule has 2 heteroatoms. The van der Waals surface area contributed by atoms with E-state index in [0.29, 0.717) is 0 Å². The van der Waals surface area contributed by atoms with Crippen LogP contribution in [0, 0.1) is 0 Å². The largest absolute Gasteiger partial charge is 0.310 e. The zero-order chi connectivity index (χ0) is 42.4. The van der Waals surface area contributed by atoms with Crippen molar-refractivity contribution in [1.82, 2.24) is 0 Å². The van der Waals surface area contributed by atoms with Gasteiger partial charge in [0.05, 0.1) is 5.69 Å². The Kier molecular flexibility index (Phi) is 9.43. The van der Waals surface area contributed by atoms with Crippen molar-refractivity contribution >= 4 is 70.1 Å². The van der Waals surface area contributed by atoms with Gasteiger partial charge in [0.25, 0.3) is 0 Å². The molecule has 0 aliphatic heterocycles. The van der Waals surface area contributed by atoms with Crippen LogP contribution in [0.4, 0.5) is 17.1 Å². The maximum absolute atomic E-state index is 2.42. The Morgan fingerprint density at radius 1 is 0.250 bits per heavy atom. The first-order chi connectivity index (χ1) is 31.7. The average Bonchev–Trinajstić information content (AvgIpc) is 3.75. The number of thiophene rings is 1. The van der Waals surface area contributed by atoms with Gasteiger partial charge in [0, 0.05) is 37.1 Å². The number of rotatable bonds is 8. The Hall–Kier alpha value is -8.04. The van der Waals surface area contributed by atoms with E-state index in [-0.39, 0.29) is 0 Å². The molecule has 0 aliphatic rings. The Morgan fingerprint density at radius 2 is 0.719 bits per heavy atom. The molecule has 0 radical (unpaired) electrons. The van der Waals surface area contributed by atoms with Crippen LogP contribution in [0.25, 0.3) is 97.4 Å². The van der Waals surface area contributed by atoms with Gasteiger partial charge in [-0.3, -0.25) is 0 Å². The molecule has 0 bridgehead atoms. The van der Waals surface area contributed by atoms with Gasteiger partial charge in [-0.05, 0) is 114 Å². The number of anilines is 3. The Morgan fingerprint density at radius 3 is 1.39 bits per heavy atom. The number of fused-ring (bicyclic) bond motifs is 5. The second-order valence-corrected chi connectivity index (χ2v) is 17.6.